The van der Waals surface area contributed by atoms with Gasteiger partial charge >= 0.3 is 0 Å². The lowest BCUT2D eigenvalue weighted by atomic mass is 9.97. The molecule has 0 aromatic carbocycles. The van der Waals surface area contributed by atoms with Crippen molar-refractivity contribution in [3.8, 4) is 0 Å². The van der Waals surface area contributed by atoms with E-state index in [4.69, 9.17) is 5.11 Å². The van der Waals surface area contributed by atoms with Crippen molar-refractivity contribution in [3.63, 3.8) is 0 Å². The Kier molecular flexibility index (Phi) is 6.21. The van der Waals surface area contributed by atoms with Crippen LogP contribution in [0, 0.1) is 0 Å². The summed E-state index contributed by atoms with van der Waals surface area (Å²) in [7, 11) is 0. The van der Waals surface area contributed by atoms with Crippen molar-refractivity contribution in [2.45, 2.75) is 57.4 Å². The van der Waals surface area contributed by atoms with E-state index in [0.717, 1.165) is 19.0 Å². The molecule has 0 heterocycles. The molecule has 2 nitrogen and oxygen atoms in total. The molecular formula is C11H23NO. The minimum Gasteiger partial charge on any atom is -0.396 e. The van der Waals surface area contributed by atoms with E-state index in [1.807, 2.05) is 0 Å². The molecule has 0 aromatic heterocycles. The summed E-state index contributed by atoms with van der Waals surface area (Å²) in [5.41, 5.74) is 0. The van der Waals surface area contributed by atoms with Gasteiger partial charge in [0.2, 0.25) is 0 Å². The van der Waals surface area contributed by atoms with Gasteiger partial charge < -0.3 is 10.4 Å². The maximum Gasteiger partial charge on any atom is 0.0443 e. The van der Waals surface area contributed by atoms with Gasteiger partial charge in [-0.25, -0.2) is 0 Å². The Morgan fingerprint density at radius 3 is 2.23 bits per heavy atom. The minimum absolute atomic E-state index is 0.319. The molecule has 2 heteroatoms. The summed E-state index contributed by atoms with van der Waals surface area (Å²) in [6.45, 7) is 1.31. The molecule has 0 radical (unpaired) electrons. The van der Waals surface area contributed by atoms with Gasteiger partial charge in [0.05, 0.1) is 0 Å². The highest BCUT2D eigenvalue weighted by Crippen LogP contribution is 2.16. The van der Waals surface area contributed by atoms with Crippen molar-refractivity contribution < 1.29 is 5.11 Å². The molecule has 1 rings (SSSR count). The van der Waals surface area contributed by atoms with Crippen LogP contribution >= 0.6 is 0 Å². The van der Waals surface area contributed by atoms with Crippen molar-refractivity contribution in [1.82, 2.24) is 5.32 Å². The van der Waals surface area contributed by atoms with Crippen LogP contribution in [-0.2, 0) is 0 Å². The number of rotatable bonds is 4. The third kappa shape index (κ3) is 5.27. The highest BCUT2D eigenvalue weighted by molar-refractivity contribution is 4.69. The van der Waals surface area contributed by atoms with Crippen LogP contribution in [0.3, 0.4) is 0 Å². The molecule has 0 bridgehead atoms. The van der Waals surface area contributed by atoms with Crippen LogP contribution in [-0.4, -0.2) is 24.3 Å². The van der Waals surface area contributed by atoms with E-state index in [2.05, 4.69) is 5.32 Å². The molecule has 78 valence electrons. The van der Waals surface area contributed by atoms with E-state index in [-0.39, 0.29) is 0 Å². The second-order valence-electron chi connectivity index (χ2n) is 4.07. The molecule has 0 aliphatic heterocycles. The molecular weight excluding hydrogens is 162 g/mol. The lowest BCUT2D eigenvalue weighted by Crippen LogP contribution is -2.30. The predicted molar refractivity (Wildman–Crippen MR) is 55.8 cm³/mol. The third-order valence-electron chi connectivity index (χ3n) is 2.87. The molecule has 1 aliphatic rings. The second-order valence-corrected chi connectivity index (χ2v) is 4.07. The van der Waals surface area contributed by atoms with E-state index in [9.17, 15) is 0 Å². The van der Waals surface area contributed by atoms with Gasteiger partial charge in [-0.1, -0.05) is 32.1 Å². The Morgan fingerprint density at radius 1 is 1.00 bits per heavy atom. The third-order valence-corrected chi connectivity index (χ3v) is 2.87. The number of aliphatic hydroxyl groups is 1. The standard InChI is InChI=1S/C11H23NO/c13-10-6-9-12-11-7-4-2-1-3-5-8-11/h11-13H,1-10H2. The molecule has 0 unspecified atom stereocenters. The quantitative estimate of drug-likeness (QED) is 0.657. The second kappa shape index (κ2) is 7.34. The zero-order chi connectivity index (χ0) is 9.36. The lowest BCUT2D eigenvalue weighted by molar-refractivity contribution is 0.279. The van der Waals surface area contributed by atoms with Gasteiger partial charge in [-0.3, -0.25) is 0 Å². The number of aliphatic hydroxyl groups excluding tert-OH is 1. The van der Waals surface area contributed by atoms with Crippen LogP contribution in [0.5, 0.6) is 0 Å². The molecule has 1 saturated carbocycles. The first kappa shape index (κ1) is 11.0. The first-order chi connectivity index (χ1) is 6.43. The van der Waals surface area contributed by atoms with Gasteiger partial charge in [-0.15, -0.1) is 0 Å². The first-order valence-electron chi connectivity index (χ1n) is 5.77. The Bertz CT molecular complexity index is 109. The fourth-order valence-corrected chi connectivity index (χ4v) is 2.05. The molecule has 1 fully saturated rings. The first-order valence-corrected chi connectivity index (χ1v) is 5.77. The van der Waals surface area contributed by atoms with Crippen molar-refractivity contribution in [2.75, 3.05) is 13.2 Å². The summed E-state index contributed by atoms with van der Waals surface area (Å²) >= 11 is 0. The zero-order valence-electron chi connectivity index (χ0n) is 8.60. The average Bonchev–Trinajstić information content (AvgIpc) is 2.08. The number of hydrogen-bond donors (Lipinski definition) is 2. The summed E-state index contributed by atoms with van der Waals surface area (Å²) in [6, 6.07) is 0.729. The van der Waals surface area contributed by atoms with E-state index in [1.54, 1.807) is 0 Å². The molecule has 0 saturated heterocycles. The van der Waals surface area contributed by atoms with Gasteiger partial charge in [0.25, 0.3) is 0 Å². The predicted octanol–water partition coefficient (Wildman–Crippen LogP) is 2.07. The molecule has 0 atom stereocenters. The normalized spacial score (nSPS) is 21.0. The molecule has 13 heavy (non-hydrogen) atoms. The Labute approximate surface area is 81.7 Å². The van der Waals surface area contributed by atoms with E-state index >= 15 is 0 Å². The van der Waals surface area contributed by atoms with Crippen molar-refractivity contribution in [3.05, 3.63) is 0 Å². The molecule has 2 N–H and O–H groups in total. The Morgan fingerprint density at radius 2 is 1.62 bits per heavy atom. The maximum atomic E-state index is 8.66. The summed E-state index contributed by atoms with van der Waals surface area (Å²) in [5, 5.41) is 12.2. The molecule has 1 aliphatic carbocycles. The van der Waals surface area contributed by atoms with Gasteiger partial charge in [0.15, 0.2) is 0 Å². The van der Waals surface area contributed by atoms with Crippen molar-refractivity contribution in [2.24, 2.45) is 0 Å². The fraction of sp³-hybridized carbons (Fsp3) is 1.00. The van der Waals surface area contributed by atoms with Gasteiger partial charge in [0, 0.05) is 12.6 Å². The van der Waals surface area contributed by atoms with E-state index < -0.39 is 0 Å². The molecule has 0 amide bonds. The van der Waals surface area contributed by atoms with Gasteiger partial charge in [-0.05, 0) is 25.8 Å². The largest absolute Gasteiger partial charge is 0.396 e. The highest BCUT2D eigenvalue weighted by atomic mass is 16.3. The maximum absolute atomic E-state index is 8.66. The van der Waals surface area contributed by atoms with Crippen LogP contribution in [0.15, 0.2) is 0 Å². The van der Waals surface area contributed by atoms with Crippen molar-refractivity contribution in [1.29, 1.82) is 0 Å². The Hall–Kier alpha value is -0.0800. The molecule has 0 spiro atoms. The topological polar surface area (TPSA) is 32.3 Å². The van der Waals surface area contributed by atoms with Crippen LogP contribution in [0.4, 0.5) is 0 Å². The van der Waals surface area contributed by atoms with Gasteiger partial charge in [-0.2, -0.15) is 0 Å². The minimum atomic E-state index is 0.319. The zero-order valence-corrected chi connectivity index (χ0v) is 8.60. The van der Waals surface area contributed by atoms with Crippen LogP contribution in [0.25, 0.3) is 0 Å². The smallest absolute Gasteiger partial charge is 0.0443 e. The van der Waals surface area contributed by atoms with Crippen LogP contribution in [0.2, 0.25) is 0 Å². The SMILES string of the molecule is OCCCNC1CCCCCCC1. The van der Waals surface area contributed by atoms with Crippen molar-refractivity contribution >= 4 is 0 Å². The summed E-state index contributed by atoms with van der Waals surface area (Å²) in [6.07, 6.45) is 10.6. The summed E-state index contributed by atoms with van der Waals surface area (Å²) < 4.78 is 0. The average molecular weight is 185 g/mol. The number of nitrogens with one attached hydrogen (secondary N) is 1. The monoisotopic (exact) mass is 185 g/mol. The summed E-state index contributed by atoms with van der Waals surface area (Å²) in [4.78, 5) is 0. The lowest BCUT2D eigenvalue weighted by Gasteiger charge is -2.20. The highest BCUT2D eigenvalue weighted by Gasteiger charge is 2.09. The molecule has 0 aromatic rings. The van der Waals surface area contributed by atoms with Crippen LogP contribution in [0.1, 0.15) is 51.4 Å². The van der Waals surface area contributed by atoms with E-state index in [1.165, 1.54) is 44.9 Å². The fourth-order valence-electron chi connectivity index (χ4n) is 2.05. The van der Waals surface area contributed by atoms with Crippen LogP contribution < -0.4 is 5.32 Å². The summed E-state index contributed by atoms with van der Waals surface area (Å²) in [5.74, 6) is 0. The Balaban J connectivity index is 2.06. The van der Waals surface area contributed by atoms with Gasteiger partial charge in [0.1, 0.15) is 0 Å². The van der Waals surface area contributed by atoms with E-state index in [0.29, 0.717) is 6.61 Å². The number of hydrogen-bond acceptors (Lipinski definition) is 2.